The number of allylic oxidation sites excluding steroid dienone is 1. The lowest BCUT2D eigenvalue weighted by atomic mass is 9.79. The van der Waals surface area contributed by atoms with Crippen LogP contribution in [0.25, 0.3) is 6.08 Å². The first-order valence-electron chi connectivity index (χ1n) is 11.6. The molecular formula is C26H30Cl3N5. The summed E-state index contributed by atoms with van der Waals surface area (Å²) < 4.78 is 1.98. The van der Waals surface area contributed by atoms with E-state index in [1.54, 1.807) is 6.07 Å². The molecule has 1 saturated carbocycles. The molecule has 1 aromatic heterocycles. The average molecular weight is 519 g/mol. The first kappa shape index (κ1) is 25.0. The Labute approximate surface area is 216 Å². The molecule has 1 fully saturated rings. The Morgan fingerprint density at radius 3 is 2.29 bits per heavy atom. The van der Waals surface area contributed by atoms with Crippen molar-refractivity contribution in [2.24, 2.45) is 5.41 Å². The molecule has 1 atom stereocenters. The quantitative estimate of drug-likeness (QED) is 0.357. The second kappa shape index (κ2) is 10.3. The predicted molar refractivity (Wildman–Crippen MR) is 142 cm³/mol. The molecule has 0 saturated heterocycles. The lowest BCUT2D eigenvalue weighted by Crippen LogP contribution is -2.42. The second-order valence-electron chi connectivity index (χ2n) is 10.1. The zero-order valence-electron chi connectivity index (χ0n) is 19.7. The molecule has 3 aromatic rings. The van der Waals surface area contributed by atoms with Crippen molar-refractivity contribution >= 4 is 46.6 Å². The van der Waals surface area contributed by atoms with Crippen LogP contribution in [0.4, 0.5) is 5.69 Å². The number of hydrogen-bond acceptors (Lipinski definition) is 4. The third kappa shape index (κ3) is 5.59. The van der Waals surface area contributed by atoms with Crippen molar-refractivity contribution in [2.45, 2.75) is 64.5 Å². The fraction of sp³-hybridized carbons (Fsp3) is 0.423. The molecule has 0 radical (unpaired) electrons. The molecule has 4 rings (SSSR count). The minimum Gasteiger partial charge on any atom is -0.373 e. The zero-order valence-corrected chi connectivity index (χ0v) is 22.0. The molecule has 5 nitrogen and oxygen atoms in total. The summed E-state index contributed by atoms with van der Waals surface area (Å²) in [4.78, 5) is 0. The van der Waals surface area contributed by atoms with Gasteiger partial charge >= 0.3 is 0 Å². The molecule has 1 aliphatic rings. The molecule has 0 aliphatic heterocycles. The highest BCUT2D eigenvalue weighted by Gasteiger charge is 2.41. The Hall–Kier alpha value is -2.08. The van der Waals surface area contributed by atoms with Crippen LogP contribution in [0.2, 0.25) is 15.1 Å². The Kier molecular flexibility index (Phi) is 7.56. The van der Waals surface area contributed by atoms with Gasteiger partial charge in [0.05, 0.1) is 11.6 Å². The molecule has 34 heavy (non-hydrogen) atoms. The summed E-state index contributed by atoms with van der Waals surface area (Å²) >= 11 is 18.6. The van der Waals surface area contributed by atoms with Crippen molar-refractivity contribution in [1.82, 2.24) is 20.2 Å². The molecule has 1 N–H and O–H groups in total. The Balaban J connectivity index is 1.74. The van der Waals surface area contributed by atoms with E-state index < -0.39 is 0 Å². The molecule has 1 aliphatic carbocycles. The monoisotopic (exact) mass is 517 g/mol. The molecule has 0 spiro atoms. The lowest BCUT2D eigenvalue weighted by molar-refractivity contribution is 0.237. The first-order chi connectivity index (χ1) is 16.2. The van der Waals surface area contributed by atoms with E-state index in [1.807, 2.05) is 47.2 Å². The van der Waals surface area contributed by atoms with Crippen LogP contribution in [0.15, 0.2) is 48.5 Å². The fourth-order valence-corrected chi connectivity index (χ4v) is 5.23. The maximum absolute atomic E-state index is 6.43. The molecule has 2 aromatic carbocycles. The van der Waals surface area contributed by atoms with E-state index in [1.165, 1.54) is 6.42 Å². The van der Waals surface area contributed by atoms with Crippen molar-refractivity contribution in [3.8, 4) is 0 Å². The maximum Gasteiger partial charge on any atom is 0.177 e. The van der Waals surface area contributed by atoms with Gasteiger partial charge in [0.1, 0.15) is 0 Å². The van der Waals surface area contributed by atoms with Gasteiger partial charge in [-0.15, -0.1) is 5.10 Å². The van der Waals surface area contributed by atoms with E-state index in [2.05, 4.69) is 47.7 Å². The van der Waals surface area contributed by atoms with Gasteiger partial charge in [0, 0.05) is 20.8 Å². The molecule has 0 amide bonds. The van der Waals surface area contributed by atoms with E-state index in [4.69, 9.17) is 34.8 Å². The third-order valence-corrected chi connectivity index (χ3v) is 7.24. The standard InChI is InChI=1S/C26H30Cl3N5/c1-25(2,3)23(14-8-18-7-9-20(28)17-22(18)29)34-24(31-32-33-34)26(15-5-4-6-16-26)30-21-12-10-19(27)11-13-21/h7-14,17,23,30H,4-6,15-16H2,1-3H3/t23-/m1/s1. The Bertz CT molecular complexity index is 1140. The first-order valence-corrected chi connectivity index (χ1v) is 12.8. The average Bonchev–Trinajstić information content (AvgIpc) is 3.27. The topological polar surface area (TPSA) is 55.6 Å². The highest BCUT2D eigenvalue weighted by atomic mass is 35.5. The van der Waals surface area contributed by atoms with Crippen LogP contribution in [-0.4, -0.2) is 20.2 Å². The number of aromatic nitrogens is 4. The number of nitrogens with one attached hydrogen (secondary N) is 1. The van der Waals surface area contributed by atoms with Gasteiger partial charge in [-0.1, -0.05) is 93.1 Å². The third-order valence-electron chi connectivity index (χ3n) is 6.43. The SMILES string of the molecule is CC(C)(C)[C@@H](C=Cc1ccc(Cl)cc1Cl)n1nnnc1C1(Nc2ccc(Cl)cc2)CCCCC1. The van der Waals surface area contributed by atoms with Crippen LogP contribution < -0.4 is 5.32 Å². The Morgan fingerprint density at radius 2 is 1.65 bits per heavy atom. The Morgan fingerprint density at radius 1 is 0.971 bits per heavy atom. The van der Waals surface area contributed by atoms with Gasteiger partial charge in [0.2, 0.25) is 0 Å². The minimum absolute atomic E-state index is 0.0879. The van der Waals surface area contributed by atoms with E-state index in [0.29, 0.717) is 15.1 Å². The fourth-order valence-electron chi connectivity index (χ4n) is 4.63. The van der Waals surface area contributed by atoms with Crippen LogP contribution in [0.3, 0.4) is 0 Å². The summed E-state index contributed by atoms with van der Waals surface area (Å²) in [7, 11) is 0. The van der Waals surface area contributed by atoms with Gasteiger partial charge in [0.15, 0.2) is 5.82 Å². The van der Waals surface area contributed by atoms with E-state index in [0.717, 1.165) is 42.8 Å². The summed E-state index contributed by atoms with van der Waals surface area (Å²) in [6.07, 6.45) is 9.52. The zero-order chi connectivity index (χ0) is 24.3. The van der Waals surface area contributed by atoms with Gasteiger partial charge in [-0.2, -0.15) is 0 Å². The molecule has 0 bridgehead atoms. The number of nitrogens with zero attached hydrogens (tertiary/aromatic N) is 4. The number of anilines is 1. The van der Waals surface area contributed by atoms with E-state index in [9.17, 15) is 0 Å². The van der Waals surface area contributed by atoms with E-state index >= 15 is 0 Å². The molecule has 180 valence electrons. The van der Waals surface area contributed by atoms with Crippen LogP contribution in [0.1, 0.15) is 70.3 Å². The highest BCUT2D eigenvalue weighted by Crippen LogP contribution is 2.42. The number of hydrogen-bond donors (Lipinski definition) is 1. The smallest absolute Gasteiger partial charge is 0.177 e. The molecule has 0 unspecified atom stereocenters. The van der Waals surface area contributed by atoms with Crippen LogP contribution in [0.5, 0.6) is 0 Å². The summed E-state index contributed by atoms with van der Waals surface area (Å²) in [6.45, 7) is 6.57. The summed E-state index contributed by atoms with van der Waals surface area (Å²) in [5.74, 6) is 0.855. The van der Waals surface area contributed by atoms with Crippen molar-refractivity contribution in [1.29, 1.82) is 0 Å². The molecule has 1 heterocycles. The van der Waals surface area contributed by atoms with Gasteiger partial charge in [-0.05, 0) is 70.6 Å². The summed E-state index contributed by atoms with van der Waals surface area (Å²) in [5.41, 5.74) is 1.42. The van der Waals surface area contributed by atoms with Crippen LogP contribution >= 0.6 is 34.8 Å². The van der Waals surface area contributed by atoms with Crippen molar-refractivity contribution in [3.05, 3.63) is 75.0 Å². The highest BCUT2D eigenvalue weighted by molar-refractivity contribution is 6.35. The van der Waals surface area contributed by atoms with Crippen molar-refractivity contribution in [2.75, 3.05) is 5.32 Å². The largest absolute Gasteiger partial charge is 0.373 e. The van der Waals surface area contributed by atoms with Gasteiger partial charge in [-0.25, -0.2) is 4.68 Å². The molecule has 8 heteroatoms. The van der Waals surface area contributed by atoms with Gasteiger partial charge in [-0.3, -0.25) is 0 Å². The van der Waals surface area contributed by atoms with Gasteiger partial charge < -0.3 is 5.32 Å². The molecular weight excluding hydrogens is 489 g/mol. The number of tetrazole rings is 1. The minimum atomic E-state index is -0.356. The number of benzene rings is 2. The maximum atomic E-state index is 6.43. The van der Waals surface area contributed by atoms with E-state index in [-0.39, 0.29) is 17.0 Å². The van der Waals surface area contributed by atoms with Crippen molar-refractivity contribution < 1.29 is 0 Å². The van der Waals surface area contributed by atoms with Gasteiger partial charge in [0.25, 0.3) is 0 Å². The van der Waals surface area contributed by atoms with Crippen LogP contribution in [-0.2, 0) is 5.54 Å². The summed E-state index contributed by atoms with van der Waals surface area (Å²) in [5, 5.41) is 18.9. The summed E-state index contributed by atoms with van der Waals surface area (Å²) in [6, 6.07) is 13.3. The number of rotatable bonds is 6. The predicted octanol–water partition coefficient (Wildman–Crippen LogP) is 8.21. The second-order valence-corrected chi connectivity index (χ2v) is 11.3. The normalized spacial score (nSPS) is 17.1. The van der Waals surface area contributed by atoms with Crippen LogP contribution in [0, 0.1) is 5.41 Å². The van der Waals surface area contributed by atoms with Crippen molar-refractivity contribution in [3.63, 3.8) is 0 Å². The number of halogens is 3. The lowest BCUT2D eigenvalue weighted by Gasteiger charge is -2.39.